The predicted molar refractivity (Wildman–Crippen MR) is 57.3 cm³/mol. The van der Waals surface area contributed by atoms with Crippen LogP contribution in [0.2, 0.25) is 0 Å². The molecule has 0 aliphatic rings. The average molecular weight is 210 g/mol. The SMILES string of the molecule is C=C(C)COc1ccc(F)cc1[C@@H](C)O. The van der Waals surface area contributed by atoms with E-state index in [2.05, 4.69) is 6.58 Å². The van der Waals surface area contributed by atoms with Crippen molar-refractivity contribution in [2.45, 2.75) is 20.0 Å². The van der Waals surface area contributed by atoms with Gasteiger partial charge in [-0.05, 0) is 37.6 Å². The summed E-state index contributed by atoms with van der Waals surface area (Å²) in [7, 11) is 0. The molecule has 0 bridgehead atoms. The third kappa shape index (κ3) is 3.36. The van der Waals surface area contributed by atoms with Crippen molar-refractivity contribution in [2.24, 2.45) is 0 Å². The van der Waals surface area contributed by atoms with E-state index in [9.17, 15) is 9.50 Å². The number of aliphatic hydroxyl groups is 1. The van der Waals surface area contributed by atoms with Crippen molar-refractivity contribution >= 4 is 0 Å². The van der Waals surface area contributed by atoms with E-state index in [-0.39, 0.29) is 5.82 Å². The third-order valence-corrected chi connectivity index (χ3v) is 1.90. The topological polar surface area (TPSA) is 29.5 Å². The van der Waals surface area contributed by atoms with Crippen LogP contribution in [0.4, 0.5) is 4.39 Å². The largest absolute Gasteiger partial charge is 0.489 e. The number of rotatable bonds is 4. The van der Waals surface area contributed by atoms with Crippen LogP contribution in [-0.4, -0.2) is 11.7 Å². The summed E-state index contributed by atoms with van der Waals surface area (Å²) in [4.78, 5) is 0. The molecule has 82 valence electrons. The van der Waals surface area contributed by atoms with Gasteiger partial charge in [0.25, 0.3) is 0 Å². The molecule has 2 nitrogen and oxygen atoms in total. The molecule has 1 aromatic rings. The average Bonchev–Trinajstić information content (AvgIpc) is 2.15. The Morgan fingerprint density at radius 2 is 2.27 bits per heavy atom. The summed E-state index contributed by atoms with van der Waals surface area (Å²) >= 11 is 0. The second-order valence-corrected chi connectivity index (χ2v) is 3.60. The van der Waals surface area contributed by atoms with Gasteiger partial charge < -0.3 is 9.84 Å². The molecule has 1 rings (SSSR count). The Kier molecular flexibility index (Phi) is 3.86. The number of halogens is 1. The van der Waals surface area contributed by atoms with Gasteiger partial charge in [-0.2, -0.15) is 0 Å². The number of benzene rings is 1. The van der Waals surface area contributed by atoms with E-state index in [1.165, 1.54) is 18.2 Å². The van der Waals surface area contributed by atoms with Gasteiger partial charge in [0.05, 0.1) is 6.10 Å². The van der Waals surface area contributed by atoms with Crippen molar-refractivity contribution in [3.8, 4) is 5.75 Å². The molecule has 0 spiro atoms. The lowest BCUT2D eigenvalue weighted by atomic mass is 10.1. The minimum absolute atomic E-state index is 0.366. The second-order valence-electron chi connectivity index (χ2n) is 3.60. The summed E-state index contributed by atoms with van der Waals surface area (Å²) in [6, 6.07) is 4.10. The first-order valence-electron chi connectivity index (χ1n) is 4.75. The summed E-state index contributed by atoms with van der Waals surface area (Å²) in [6.45, 7) is 7.48. The van der Waals surface area contributed by atoms with E-state index in [0.717, 1.165) is 5.57 Å². The van der Waals surface area contributed by atoms with Crippen LogP contribution in [0.15, 0.2) is 30.4 Å². The zero-order valence-electron chi connectivity index (χ0n) is 8.96. The van der Waals surface area contributed by atoms with E-state index in [0.29, 0.717) is 17.9 Å². The van der Waals surface area contributed by atoms with Crippen LogP contribution in [0.1, 0.15) is 25.5 Å². The van der Waals surface area contributed by atoms with Crippen molar-refractivity contribution in [1.82, 2.24) is 0 Å². The summed E-state index contributed by atoms with van der Waals surface area (Å²) in [6.07, 6.45) is -0.749. The molecule has 0 aromatic heterocycles. The number of hydrogen-bond acceptors (Lipinski definition) is 2. The number of ether oxygens (including phenoxy) is 1. The first-order valence-corrected chi connectivity index (χ1v) is 4.75. The Bertz CT molecular complexity index is 359. The highest BCUT2D eigenvalue weighted by Gasteiger charge is 2.10. The van der Waals surface area contributed by atoms with E-state index < -0.39 is 6.10 Å². The molecule has 0 unspecified atom stereocenters. The zero-order valence-corrected chi connectivity index (χ0v) is 8.96. The van der Waals surface area contributed by atoms with E-state index in [1.54, 1.807) is 6.92 Å². The Morgan fingerprint density at radius 3 is 2.80 bits per heavy atom. The van der Waals surface area contributed by atoms with Gasteiger partial charge in [-0.3, -0.25) is 0 Å². The molecule has 0 amide bonds. The van der Waals surface area contributed by atoms with E-state index in [4.69, 9.17) is 4.74 Å². The third-order valence-electron chi connectivity index (χ3n) is 1.90. The number of aliphatic hydroxyl groups excluding tert-OH is 1. The smallest absolute Gasteiger partial charge is 0.125 e. The molecule has 3 heteroatoms. The molecule has 1 N–H and O–H groups in total. The molecule has 1 atom stereocenters. The maximum Gasteiger partial charge on any atom is 0.125 e. The Balaban J connectivity index is 2.90. The van der Waals surface area contributed by atoms with Gasteiger partial charge in [0.15, 0.2) is 0 Å². The van der Waals surface area contributed by atoms with Crippen molar-refractivity contribution in [3.63, 3.8) is 0 Å². The monoisotopic (exact) mass is 210 g/mol. The number of hydrogen-bond donors (Lipinski definition) is 1. The molecule has 1 aromatic carbocycles. The molecular weight excluding hydrogens is 195 g/mol. The highest BCUT2D eigenvalue weighted by atomic mass is 19.1. The van der Waals surface area contributed by atoms with Crippen LogP contribution in [-0.2, 0) is 0 Å². The van der Waals surface area contributed by atoms with Gasteiger partial charge in [-0.15, -0.1) is 0 Å². The quantitative estimate of drug-likeness (QED) is 0.774. The highest BCUT2D eigenvalue weighted by Crippen LogP contribution is 2.26. The first-order chi connectivity index (χ1) is 7.00. The molecule has 0 saturated carbocycles. The molecular formula is C12H15FO2. The van der Waals surface area contributed by atoms with Crippen molar-refractivity contribution < 1.29 is 14.2 Å². The highest BCUT2D eigenvalue weighted by molar-refractivity contribution is 5.35. The van der Waals surface area contributed by atoms with E-state index in [1.807, 2.05) is 6.92 Å². The minimum atomic E-state index is -0.749. The minimum Gasteiger partial charge on any atom is -0.489 e. The Morgan fingerprint density at radius 1 is 1.60 bits per heavy atom. The molecule has 0 fully saturated rings. The van der Waals surface area contributed by atoms with Crippen molar-refractivity contribution in [3.05, 3.63) is 41.7 Å². The fourth-order valence-corrected chi connectivity index (χ4v) is 1.18. The van der Waals surface area contributed by atoms with Crippen LogP contribution >= 0.6 is 0 Å². The lowest BCUT2D eigenvalue weighted by Crippen LogP contribution is -2.03. The Labute approximate surface area is 89.0 Å². The molecule has 15 heavy (non-hydrogen) atoms. The fourth-order valence-electron chi connectivity index (χ4n) is 1.18. The van der Waals surface area contributed by atoms with Crippen molar-refractivity contribution in [1.29, 1.82) is 0 Å². The molecule has 0 saturated heterocycles. The maximum atomic E-state index is 12.9. The predicted octanol–water partition coefficient (Wildman–Crippen LogP) is 2.83. The van der Waals surface area contributed by atoms with Gasteiger partial charge >= 0.3 is 0 Å². The lowest BCUT2D eigenvalue weighted by molar-refractivity contribution is 0.192. The second kappa shape index (κ2) is 4.94. The van der Waals surface area contributed by atoms with Crippen LogP contribution < -0.4 is 4.74 Å². The molecule has 0 heterocycles. The first kappa shape index (κ1) is 11.7. The van der Waals surface area contributed by atoms with Crippen LogP contribution in [0.25, 0.3) is 0 Å². The normalized spacial score (nSPS) is 12.3. The molecule has 0 radical (unpaired) electrons. The summed E-state index contributed by atoms with van der Waals surface area (Å²) in [5.41, 5.74) is 1.33. The zero-order chi connectivity index (χ0) is 11.4. The molecule has 0 aliphatic heterocycles. The molecule has 0 aliphatic carbocycles. The van der Waals surface area contributed by atoms with E-state index >= 15 is 0 Å². The van der Waals surface area contributed by atoms with Gasteiger partial charge in [0, 0.05) is 5.56 Å². The fraction of sp³-hybridized carbons (Fsp3) is 0.333. The van der Waals surface area contributed by atoms with Crippen LogP contribution in [0.5, 0.6) is 5.75 Å². The van der Waals surface area contributed by atoms with Gasteiger partial charge in [0.2, 0.25) is 0 Å². The summed E-state index contributed by atoms with van der Waals surface area (Å²) in [5.74, 6) is 0.114. The summed E-state index contributed by atoms with van der Waals surface area (Å²) < 4.78 is 18.3. The van der Waals surface area contributed by atoms with Crippen molar-refractivity contribution in [2.75, 3.05) is 6.61 Å². The maximum absolute atomic E-state index is 12.9. The lowest BCUT2D eigenvalue weighted by Gasteiger charge is -2.13. The standard InChI is InChI=1S/C12H15FO2/c1-8(2)7-15-12-5-4-10(13)6-11(12)9(3)14/h4-6,9,14H,1,7H2,2-3H3/t9-/m1/s1. The van der Waals surface area contributed by atoms with Gasteiger partial charge in [-0.25, -0.2) is 4.39 Å². The van der Waals surface area contributed by atoms with Crippen LogP contribution in [0, 0.1) is 5.82 Å². The van der Waals surface area contributed by atoms with Gasteiger partial charge in [-0.1, -0.05) is 6.58 Å². The Hall–Kier alpha value is -1.35. The van der Waals surface area contributed by atoms with Crippen LogP contribution in [0.3, 0.4) is 0 Å². The summed E-state index contributed by atoms with van der Waals surface area (Å²) in [5, 5.41) is 9.43. The van der Waals surface area contributed by atoms with Gasteiger partial charge in [0.1, 0.15) is 18.2 Å².